The van der Waals surface area contributed by atoms with Gasteiger partial charge in [-0.2, -0.15) is 0 Å². The van der Waals surface area contributed by atoms with Crippen LogP contribution in [0.1, 0.15) is 31.4 Å². The van der Waals surface area contributed by atoms with Crippen molar-refractivity contribution in [1.29, 1.82) is 0 Å². The van der Waals surface area contributed by atoms with E-state index in [0.717, 1.165) is 29.9 Å². The van der Waals surface area contributed by atoms with Crippen LogP contribution in [-0.4, -0.2) is 34.9 Å². The van der Waals surface area contributed by atoms with Crippen LogP contribution in [0.3, 0.4) is 0 Å². The molecule has 0 radical (unpaired) electrons. The number of fused-ring (bicyclic) bond motifs is 1. The van der Waals surface area contributed by atoms with E-state index < -0.39 is 0 Å². The number of nitrogens with zero attached hydrogens (tertiary/aromatic N) is 2. The van der Waals surface area contributed by atoms with Crippen LogP contribution in [0.5, 0.6) is 0 Å². The van der Waals surface area contributed by atoms with E-state index in [4.69, 9.17) is 9.72 Å². The van der Waals surface area contributed by atoms with E-state index in [-0.39, 0.29) is 0 Å². The zero-order valence-corrected chi connectivity index (χ0v) is 13.4. The molecular weight excluding hydrogens is 290 g/mol. The van der Waals surface area contributed by atoms with E-state index in [1.54, 1.807) is 18.4 Å². The third-order valence-corrected chi connectivity index (χ3v) is 5.79. The molecule has 0 saturated heterocycles. The number of imidazole rings is 1. The molecule has 0 spiro atoms. The number of thiazole rings is 1. The highest BCUT2D eigenvalue weighted by Crippen LogP contribution is 2.36. The van der Waals surface area contributed by atoms with Crippen molar-refractivity contribution in [2.75, 3.05) is 20.3 Å². The maximum atomic E-state index is 5.08. The molecule has 0 aromatic carbocycles. The maximum absolute atomic E-state index is 5.08. The summed E-state index contributed by atoms with van der Waals surface area (Å²) in [6.07, 6.45) is 7.56. The number of nitrogens with one attached hydrogen (secondary N) is 1. The third-order valence-electron chi connectivity index (χ3n) is 3.68. The fourth-order valence-electron chi connectivity index (χ4n) is 2.61. The molecule has 110 valence electrons. The molecule has 1 fully saturated rings. The number of hydrogen-bond donors (Lipinski definition) is 1. The minimum Gasteiger partial charge on any atom is -0.383 e. The molecular formula is C14H21N3OS2. The summed E-state index contributed by atoms with van der Waals surface area (Å²) in [5, 5.41) is 7.52. The first kappa shape index (κ1) is 14.4. The van der Waals surface area contributed by atoms with Crippen molar-refractivity contribution in [1.82, 2.24) is 14.7 Å². The summed E-state index contributed by atoms with van der Waals surface area (Å²) >= 11 is 3.69. The van der Waals surface area contributed by atoms with Crippen molar-refractivity contribution in [3.8, 4) is 0 Å². The Morgan fingerprint density at radius 3 is 3.15 bits per heavy atom. The zero-order chi connectivity index (χ0) is 13.8. The number of thioether (sulfide) groups is 1. The molecule has 2 aromatic rings. The van der Waals surface area contributed by atoms with Crippen LogP contribution in [0, 0.1) is 0 Å². The average molecular weight is 311 g/mol. The SMILES string of the molecule is COCCNCc1c(SC2CCCC2)nc2sccn12. The predicted molar refractivity (Wildman–Crippen MR) is 84.8 cm³/mol. The van der Waals surface area contributed by atoms with Crippen molar-refractivity contribution in [2.24, 2.45) is 0 Å². The Morgan fingerprint density at radius 2 is 2.35 bits per heavy atom. The monoisotopic (exact) mass is 311 g/mol. The predicted octanol–water partition coefficient (Wildman–Crippen LogP) is 3.17. The number of aromatic nitrogens is 2. The molecule has 1 saturated carbocycles. The number of ether oxygens (including phenoxy) is 1. The first-order valence-corrected chi connectivity index (χ1v) is 8.95. The zero-order valence-electron chi connectivity index (χ0n) is 11.8. The van der Waals surface area contributed by atoms with Crippen molar-refractivity contribution in [3.63, 3.8) is 0 Å². The van der Waals surface area contributed by atoms with E-state index in [9.17, 15) is 0 Å². The van der Waals surface area contributed by atoms with Crippen LogP contribution < -0.4 is 5.32 Å². The Hall–Kier alpha value is -0.560. The summed E-state index contributed by atoms with van der Waals surface area (Å²) in [6.45, 7) is 2.48. The first-order chi connectivity index (χ1) is 9.88. The summed E-state index contributed by atoms with van der Waals surface area (Å²) in [5.41, 5.74) is 1.30. The molecule has 1 aliphatic rings. The topological polar surface area (TPSA) is 38.6 Å². The lowest BCUT2D eigenvalue weighted by Crippen LogP contribution is -2.19. The van der Waals surface area contributed by atoms with Crippen LogP contribution in [0.2, 0.25) is 0 Å². The fraction of sp³-hybridized carbons (Fsp3) is 0.643. The van der Waals surface area contributed by atoms with Crippen molar-refractivity contribution >= 4 is 28.1 Å². The van der Waals surface area contributed by atoms with Crippen molar-refractivity contribution in [3.05, 3.63) is 17.3 Å². The van der Waals surface area contributed by atoms with E-state index in [1.165, 1.54) is 36.4 Å². The normalized spacial score (nSPS) is 16.4. The van der Waals surface area contributed by atoms with Gasteiger partial charge in [-0.25, -0.2) is 4.98 Å². The van der Waals surface area contributed by atoms with Crippen LogP contribution >= 0.6 is 23.1 Å². The minimum atomic E-state index is 0.747. The highest BCUT2D eigenvalue weighted by Gasteiger charge is 2.21. The number of hydrogen-bond acceptors (Lipinski definition) is 5. The quantitative estimate of drug-likeness (QED) is 0.797. The Kier molecular flexibility index (Phi) is 4.99. The summed E-state index contributed by atoms with van der Waals surface area (Å²) in [5.74, 6) is 0. The second-order valence-electron chi connectivity index (χ2n) is 5.11. The molecule has 0 atom stereocenters. The van der Waals surface area contributed by atoms with Crippen LogP contribution in [-0.2, 0) is 11.3 Å². The second-order valence-corrected chi connectivity index (χ2v) is 7.28. The lowest BCUT2D eigenvalue weighted by molar-refractivity contribution is 0.199. The van der Waals surface area contributed by atoms with Crippen LogP contribution in [0.25, 0.3) is 4.96 Å². The van der Waals surface area contributed by atoms with E-state index in [0.29, 0.717) is 0 Å². The van der Waals surface area contributed by atoms with Crippen LogP contribution in [0.4, 0.5) is 0 Å². The molecule has 1 aliphatic carbocycles. The Labute approximate surface area is 127 Å². The molecule has 4 nitrogen and oxygen atoms in total. The summed E-state index contributed by atoms with van der Waals surface area (Å²) in [4.78, 5) is 5.91. The molecule has 3 rings (SSSR count). The molecule has 0 amide bonds. The lowest BCUT2D eigenvalue weighted by Gasteiger charge is -2.09. The van der Waals surface area contributed by atoms with Gasteiger partial charge in [-0.15, -0.1) is 23.1 Å². The molecule has 2 aromatic heterocycles. The lowest BCUT2D eigenvalue weighted by atomic mass is 10.4. The summed E-state index contributed by atoms with van der Waals surface area (Å²) in [7, 11) is 1.74. The molecule has 0 bridgehead atoms. The van der Waals surface area contributed by atoms with Crippen LogP contribution in [0.15, 0.2) is 16.6 Å². The molecule has 2 heterocycles. The third kappa shape index (κ3) is 3.19. The van der Waals surface area contributed by atoms with Gasteiger partial charge in [0.2, 0.25) is 0 Å². The first-order valence-electron chi connectivity index (χ1n) is 7.19. The smallest absolute Gasteiger partial charge is 0.194 e. The molecule has 0 unspecified atom stereocenters. The van der Waals surface area contributed by atoms with E-state index in [2.05, 4.69) is 21.3 Å². The Morgan fingerprint density at radius 1 is 1.50 bits per heavy atom. The van der Waals surface area contributed by atoms with Gasteiger partial charge in [0.1, 0.15) is 5.03 Å². The van der Waals surface area contributed by atoms with Gasteiger partial charge in [0.15, 0.2) is 4.96 Å². The molecule has 0 aliphatic heterocycles. The number of methoxy groups -OCH3 is 1. The van der Waals surface area contributed by atoms with Gasteiger partial charge < -0.3 is 10.1 Å². The fourth-order valence-corrected chi connectivity index (χ4v) is 4.73. The average Bonchev–Trinajstić information content (AvgIpc) is 3.14. The Bertz CT molecular complexity index is 546. The van der Waals surface area contributed by atoms with Gasteiger partial charge >= 0.3 is 0 Å². The second kappa shape index (κ2) is 6.93. The van der Waals surface area contributed by atoms with E-state index in [1.807, 2.05) is 11.8 Å². The van der Waals surface area contributed by atoms with Gasteiger partial charge in [-0.05, 0) is 12.8 Å². The Balaban J connectivity index is 1.73. The highest BCUT2D eigenvalue weighted by molar-refractivity contribution is 7.99. The number of rotatable bonds is 7. The van der Waals surface area contributed by atoms with Gasteiger partial charge in [0.25, 0.3) is 0 Å². The molecule has 6 heteroatoms. The minimum absolute atomic E-state index is 0.747. The maximum Gasteiger partial charge on any atom is 0.194 e. The van der Waals surface area contributed by atoms with Gasteiger partial charge in [-0.1, -0.05) is 12.8 Å². The van der Waals surface area contributed by atoms with Crippen molar-refractivity contribution < 1.29 is 4.74 Å². The summed E-state index contributed by atoms with van der Waals surface area (Å²) in [6, 6.07) is 0. The van der Waals surface area contributed by atoms with Gasteiger partial charge in [0.05, 0.1) is 12.3 Å². The summed E-state index contributed by atoms with van der Waals surface area (Å²) < 4.78 is 7.31. The largest absolute Gasteiger partial charge is 0.383 e. The standard InChI is InChI=1S/C14H21N3OS2/c1-18-8-6-15-10-12-13(20-11-4-2-3-5-11)16-14-17(12)7-9-19-14/h7,9,11,15H,2-6,8,10H2,1H3. The molecule has 1 N–H and O–H groups in total. The van der Waals surface area contributed by atoms with Crippen molar-refractivity contribution in [2.45, 2.75) is 42.5 Å². The van der Waals surface area contributed by atoms with E-state index >= 15 is 0 Å². The highest BCUT2D eigenvalue weighted by atomic mass is 32.2. The molecule has 20 heavy (non-hydrogen) atoms. The van der Waals surface area contributed by atoms with Gasteiger partial charge in [0, 0.05) is 37.0 Å². The van der Waals surface area contributed by atoms with Gasteiger partial charge in [-0.3, -0.25) is 4.40 Å².